The highest BCUT2D eigenvalue weighted by Crippen LogP contribution is 2.06. The maximum absolute atomic E-state index is 11.6. The van der Waals surface area contributed by atoms with Crippen LogP contribution in [0.2, 0.25) is 0 Å². The lowest BCUT2D eigenvalue weighted by molar-refractivity contribution is 0.0739. The average molecular weight is 182 g/mol. The zero-order valence-corrected chi connectivity index (χ0v) is 8.20. The van der Waals surface area contributed by atoms with Crippen LogP contribution in [0.4, 0.5) is 0 Å². The van der Waals surface area contributed by atoms with Crippen LogP contribution in [-0.2, 0) is 0 Å². The van der Waals surface area contributed by atoms with Crippen molar-refractivity contribution in [2.75, 3.05) is 13.1 Å². The third-order valence-electron chi connectivity index (χ3n) is 1.88. The number of amides is 1. The molecule has 0 saturated heterocycles. The summed E-state index contributed by atoms with van der Waals surface area (Å²) in [5, 5.41) is 0. The van der Waals surface area contributed by atoms with Crippen LogP contribution in [0.1, 0.15) is 30.3 Å². The third kappa shape index (κ3) is 2.08. The molecule has 13 heavy (non-hydrogen) atoms. The number of oxazole rings is 1. The molecule has 0 spiro atoms. The van der Waals surface area contributed by atoms with E-state index in [1.54, 1.807) is 11.8 Å². The molecule has 1 aromatic heterocycles. The van der Waals surface area contributed by atoms with Crippen molar-refractivity contribution in [3.63, 3.8) is 0 Å². The van der Waals surface area contributed by atoms with Gasteiger partial charge in [0.1, 0.15) is 0 Å². The summed E-state index contributed by atoms with van der Waals surface area (Å²) in [6.45, 7) is 6.97. The van der Waals surface area contributed by atoms with Crippen LogP contribution in [-0.4, -0.2) is 28.9 Å². The monoisotopic (exact) mass is 182 g/mol. The molecule has 0 radical (unpaired) electrons. The molecule has 0 N–H and O–H groups in total. The molecule has 1 aromatic rings. The number of carbonyl (C=O) groups excluding carboxylic acids is 1. The number of hydrogen-bond acceptors (Lipinski definition) is 3. The van der Waals surface area contributed by atoms with E-state index in [0.29, 0.717) is 24.7 Å². The number of rotatable bonds is 3. The topological polar surface area (TPSA) is 46.3 Å². The highest BCUT2D eigenvalue weighted by atomic mass is 16.4. The minimum atomic E-state index is -0.0920. The number of aryl methyl sites for hydroxylation is 1. The van der Waals surface area contributed by atoms with Crippen molar-refractivity contribution in [3.05, 3.63) is 17.8 Å². The molecule has 72 valence electrons. The van der Waals surface area contributed by atoms with Crippen LogP contribution in [0.5, 0.6) is 0 Å². The highest BCUT2D eigenvalue weighted by molar-refractivity contribution is 5.91. The Labute approximate surface area is 77.6 Å². The molecule has 0 aliphatic rings. The summed E-state index contributed by atoms with van der Waals surface area (Å²) in [5.41, 5.74) is 0. The molecule has 0 saturated carbocycles. The van der Waals surface area contributed by atoms with Gasteiger partial charge in [0.05, 0.1) is 6.20 Å². The molecule has 1 rings (SSSR count). The molecular formula is C9H14N2O2. The van der Waals surface area contributed by atoms with Gasteiger partial charge in [0.25, 0.3) is 5.91 Å². The molecule has 0 atom stereocenters. The van der Waals surface area contributed by atoms with Crippen molar-refractivity contribution in [2.45, 2.75) is 20.8 Å². The molecule has 1 heterocycles. The van der Waals surface area contributed by atoms with Crippen molar-refractivity contribution >= 4 is 5.91 Å². The van der Waals surface area contributed by atoms with Crippen LogP contribution in [0.15, 0.2) is 10.6 Å². The first-order chi connectivity index (χ1) is 6.19. The Morgan fingerprint density at radius 3 is 2.54 bits per heavy atom. The van der Waals surface area contributed by atoms with E-state index >= 15 is 0 Å². The lowest BCUT2D eigenvalue weighted by Crippen LogP contribution is -2.30. The Bertz CT molecular complexity index is 290. The summed E-state index contributed by atoms with van der Waals surface area (Å²) in [6, 6.07) is 0. The summed E-state index contributed by atoms with van der Waals surface area (Å²) in [5.74, 6) is 0.752. The van der Waals surface area contributed by atoms with Crippen molar-refractivity contribution < 1.29 is 9.21 Å². The van der Waals surface area contributed by atoms with E-state index in [4.69, 9.17) is 4.42 Å². The molecule has 0 bridgehead atoms. The second kappa shape index (κ2) is 4.07. The maximum Gasteiger partial charge on any atom is 0.291 e. The summed E-state index contributed by atoms with van der Waals surface area (Å²) in [4.78, 5) is 17.2. The highest BCUT2D eigenvalue weighted by Gasteiger charge is 2.16. The lowest BCUT2D eigenvalue weighted by Gasteiger charge is -2.16. The molecule has 0 aliphatic carbocycles. The number of carbonyl (C=O) groups is 1. The van der Waals surface area contributed by atoms with Gasteiger partial charge in [0.15, 0.2) is 5.89 Å². The molecular weight excluding hydrogens is 168 g/mol. The Balaban J connectivity index is 2.78. The van der Waals surface area contributed by atoms with E-state index in [1.165, 1.54) is 6.20 Å². The van der Waals surface area contributed by atoms with Crippen molar-refractivity contribution in [1.29, 1.82) is 0 Å². The Hall–Kier alpha value is -1.32. The maximum atomic E-state index is 11.6. The standard InChI is InChI=1S/C9H14N2O2/c1-4-11(5-2)9(12)8-6-10-7(3)13-8/h6H,4-5H2,1-3H3. The van der Waals surface area contributed by atoms with Crippen LogP contribution >= 0.6 is 0 Å². The zero-order valence-electron chi connectivity index (χ0n) is 8.20. The lowest BCUT2D eigenvalue weighted by atomic mass is 10.4. The fourth-order valence-corrected chi connectivity index (χ4v) is 1.13. The third-order valence-corrected chi connectivity index (χ3v) is 1.88. The van der Waals surface area contributed by atoms with E-state index in [0.717, 1.165) is 0 Å². The Morgan fingerprint density at radius 2 is 2.15 bits per heavy atom. The van der Waals surface area contributed by atoms with Crippen LogP contribution in [0.3, 0.4) is 0 Å². The first-order valence-electron chi connectivity index (χ1n) is 4.40. The van der Waals surface area contributed by atoms with Gasteiger partial charge in [-0.3, -0.25) is 4.79 Å². The van der Waals surface area contributed by atoms with E-state index in [2.05, 4.69) is 4.98 Å². The molecule has 0 fully saturated rings. The summed E-state index contributed by atoms with van der Waals surface area (Å²) in [6.07, 6.45) is 1.47. The van der Waals surface area contributed by atoms with Crippen molar-refractivity contribution in [2.24, 2.45) is 0 Å². The summed E-state index contributed by atoms with van der Waals surface area (Å²) >= 11 is 0. The number of nitrogens with zero attached hydrogens (tertiary/aromatic N) is 2. The van der Waals surface area contributed by atoms with Gasteiger partial charge in [-0.15, -0.1) is 0 Å². The van der Waals surface area contributed by atoms with Gasteiger partial charge in [0.2, 0.25) is 5.76 Å². The predicted molar refractivity (Wildman–Crippen MR) is 48.5 cm³/mol. The van der Waals surface area contributed by atoms with Crippen LogP contribution in [0, 0.1) is 6.92 Å². The van der Waals surface area contributed by atoms with Crippen molar-refractivity contribution in [1.82, 2.24) is 9.88 Å². The SMILES string of the molecule is CCN(CC)C(=O)c1cnc(C)o1. The molecule has 1 amide bonds. The van der Waals surface area contributed by atoms with E-state index < -0.39 is 0 Å². The van der Waals surface area contributed by atoms with Crippen LogP contribution in [0.25, 0.3) is 0 Å². The van der Waals surface area contributed by atoms with Gasteiger partial charge in [-0.1, -0.05) is 0 Å². The predicted octanol–water partition coefficient (Wildman–Crippen LogP) is 1.47. The molecule has 0 unspecified atom stereocenters. The van der Waals surface area contributed by atoms with Gasteiger partial charge < -0.3 is 9.32 Å². The normalized spacial score (nSPS) is 10.1. The summed E-state index contributed by atoms with van der Waals surface area (Å²) in [7, 11) is 0. The number of hydrogen-bond donors (Lipinski definition) is 0. The minimum Gasteiger partial charge on any atom is -0.436 e. The molecule has 4 heteroatoms. The smallest absolute Gasteiger partial charge is 0.291 e. The number of aromatic nitrogens is 1. The second-order valence-corrected chi connectivity index (χ2v) is 2.72. The molecule has 0 aliphatic heterocycles. The van der Waals surface area contributed by atoms with Gasteiger partial charge in [-0.25, -0.2) is 4.98 Å². The fraction of sp³-hybridized carbons (Fsp3) is 0.556. The quantitative estimate of drug-likeness (QED) is 0.711. The van der Waals surface area contributed by atoms with Crippen LogP contribution < -0.4 is 0 Å². The Morgan fingerprint density at radius 1 is 1.54 bits per heavy atom. The Kier molecular flexibility index (Phi) is 3.06. The van der Waals surface area contributed by atoms with E-state index in [1.807, 2.05) is 13.8 Å². The first-order valence-corrected chi connectivity index (χ1v) is 4.40. The fourth-order valence-electron chi connectivity index (χ4n) is 1.13. The largest absolute Gasteiger partial charge is 0.436 e. The average Bonchev–Trinajstić information content (AvgIpc) is 2.54. The van der Waals surface area contributed by atoms with Gasteiger partial charge >= 0.3 is 0 Å². The van der Waals surface area contributed by atoms with Gasteiger partial charge in [-0.2, -0.15) is 0 Å². The van der Waals surface area contributed by atoms with E-state index in [9.17, 15) is 4.79 Å². The zero-order chi connectivity index (χ0) is 9.84. The molecule has 0 aromatic carbocycles. The molecule has 4 nitrogen and oxygen atoms in total. The van der Waals surface area contributed by atoms with Gasteiger partial charge in [-0.05, 0) is 13.8 Å². The second-order valence-electron chi connectivity index (χ2n) is 2.72. The first kappa shape index (κ1) is 9.77. The van der Waals surface area contributed by atoms with E-state index in [-0.39, 0.29) is 5.91 Å². The van der Waals surface area contributed by atoms with Gasteiger partial charge in [0, 0.05) is 20.0 Å². The minimum absolute atomic E-state index is 0.0920. The van der Waals surface area contributed by atoms with Crippen molar-refractivity contribution in [3.8, 4) is 0 Å². The summed E-state index contributed by atoms with van der Waals surface area (Å²) < 4.78 is 5.13.